The second-order valence-corrected chi connectivity index (χ2v) is 3.61. The summed E-state index contributed by atoms with van der Waals surface area (Å²) in [4.78, 5) is 23.9. The van der Waals surface area contributed by atoms with Crippen molar-refractivity contribution < 1.29 is 22.8 Å². The van der Waals surface area contributed by atoms with Crippen LogP contribution in [0.25, 0.3) is 0 Å². The molecule has 1 amide bonds. The lowest BCUT2D eigenvalue weighted by atomic mass is 10.1. The molecule has 2 rings (SSSR count). The standard InChI is InChI=1S/C11H8F3NO2/c12-2-1-3-15-9-5-8(14)7(13)4-6(9)10(16)11(15)17/h4-5H,1-3H2. The van der Waals surface area contributed by atoms with Crippen molar-refractivity contribution >= 4 is 17.4 Å². The van der Waals surface area contributed by atoms with Crippen LogP contribution in [0.15, 0.2) is 12.1 Å². The Bertz CT molecular complexity index is 502. The van der Waals surface area contributed by atoms with Gasteiger partial charge in [0.2, 0.25) is 0 Å². The molecule has 0 radical (unpaired) electrons. The first kappa shape index (κ1) is 11.6. The minimum Gasteiger partial charge on any atom is -0.305 e. The Hall–Kier alpha value is -1.85. The molecule has 1 heterocycles. The maximum Gasteiger partial charge on any atom is 0.299 e. The molecule has 1 aliphatic heterocycles. The van der Waals surface area contributed by atoms with E-state index in [2.05, 4.69) is 0 Å². The van der Waals surface area contributed by atoms with Crippen LogP contribution in [-0.4, -0.2) is 24.9 Å². The molecule has 1 aliphatic rings. The number of Topliss-reactive ketones (excluding diaryl/α,β-unsaturated/α-hetero) is 1. The van der Waals surface area contributed by atoms with Crippen molar-refractivity contribution in [3.8, 4) is 0 Å². The fourth-order valence-corrected chi connectivity index (χ4v) is 1.73. The molecule has 1 aromatic rings. The van der Waals surface area contributed by atoms with E-state index in [0.29, 0.717) is 6.07 Å². The van der Waals surface area contributed by atoms with Gasteiger partial charge < -0.3 is 4.90 Å². The molecule has 1 aromatic carbocycles. The molecule has 0 spiro atoms. The summed E-state index contributed by atoms with van der Waals surface area (Å²) in [5.41, 5.74) is -0.167. The average molecular weight is 243 g/mol. The zero-order valence-corrected chi connectivity index (χ0v) is 8.67. The molecular formula is C11H8F3NO2. The van der Waals surface area contributed by atoms with Gasteiger partial charge in [0.15, 0.2) is 11.6 Å². The van der Waals surface area contributed by atoms with E-state index in [1.54, 1.807) is 0 Å². The SMILES string of the molecule is O=C1C(=O)N(CCCF)c2cc(F)c(F)cc21. The van der Waals surface area contributed by atoms with Crippen LogP contribution >= 0.6 is 0 Å². The fraction of sp³-hybridized carbons (Fsp3) is 0.273. The summed E-state index contributed by atoms with van der Waals surface area (Å²) in [6.07, 6.45) is 0.0391. The summed E-state index contributed by atoms with van der Waals surface area (Å²) in [5.74, 6) is -4.09. The Balaban J connectivity index is 2.45. The van der Waals surface area contributed by atoms with E-state index in [1.807, 2.05) is 0 Å². The predicted molar refractivity (Wildman–Crippen MR) is 53.6 cm³/mol. The van der Waals surface area contributed by atoms with Crippen LogP contribution in [0.4, 0.5) is 18.9 Å². The van der Waals surface area contributed by atoms with E-state index in [9.17, 15) is 22.8 Å². The van der Waals surface area contributed by atoms with Gasteiger partial charge in [0.1, 0.15) is 0 Å². The lowest BCUT2D eigenvalue weighted by molar-refractivity contribution is -0.114. The molecule has 0 unspecified atom stereocenters. The lowest BCUT2D eigenvalue weighted by Crippen LogP contribution is -2.30. The fourth-order valence-electron chi connectivity index (χ4n) is 1.73. The molecule has 0 saturated carbocycles. The highest BCUT2D eigenvalue weighted by Crippen LogP contribution is 2.30. The first-order valence-electron chi connectivity index (χ1n) is 4.97. The molecule has 0 fully saturated rings. The smallest absolute Gasteiger partial charge is 0.299 e. The lowest BCUT2D eigenvalue weighted by Gasteiger charge is -2.15. The number of ketones is 1. The predicted octanol–water partition coefficient (Wildman–Crippen LogP) is 1.85. The zero-order valence-electron chi connectivity index (χ0n) is 8.67. The summed E-state index contributed by atoms with van der Waals surface area (Å²) in [6.45, 7) is -0.684. The second-order valence-electron chi connectivity index (χ2n) is 3.61. The third-order valence-electron chi connectivity index (χ3n) is 2.53. The molecule has 0 aliphatic carbocycles. The van der Waals surface area contributed by atoms with Gasteiger partial charge in [0, 0.05) is 12.6 Å². The van der Waals surface area contributed by atoms with E-state index in [1.165, 1.54) is 0 Å². The second kappa shape index (κ2) is 4.20. The summed E-state index contributed by atoms with van der Waals surface area (Å²) in [6, 6.07) is 1.48. The Morgan fingerprint density at radius 2 is 1.76 bits per heavy atom. The number of hydrogen-bond acceptors (Lipinski definition) is 2. The van der Waals surface area contributed by atoms with Crippen LogP contribution < -0.4 is 4.90 Å². The van der Waals surface area contributed by atoms with Gasteiger partial charge >= 0.3 is 0 Å². The third kappa shape index (κ3) is 1.79. The number of halogens is 3. The van der Waals surface area contributed by atoms with Crippen molar-refractivity contribution in [1.29, 1.82) is 0 Å². The van der Waals surface area contributed by atoms with Crippen LogP contribution in [0.1, 0.15) is 16.8 Å². The van der Waals surface area contributed by atoms with Gasteiger partial charge in [0.05, 0.1) is 17.9 Å². The van der Waals surface area contributed by atoms with Gasteiger partial charge in [-0.1, -0.05) is 0 Å². The third-order valence-corrected chi connectivity index (χ3v) is 2.53. The normalized spacial score (nSPS) is 14.4. The molecule has 17 heavy (non-hydrogen) atoms. The summed E-state index contributed by atoms with van der Waals surface area (Å²) >= 11 is 0. The number of carbonyl (C=O) groups is 2. The van der Waals surface area contributed by atoms with Crippen molar-refractivity contribution in [2.24, 2.45) is 0 Å². The molecule has 0 saturated heterocycles. The van der Waals surface area contributed by atoms with Crippen molar-refractivity contribution in [1.82, 2.24) is 0 Å². The topological polar surface area (TPSA) is 37.4 Å². The van der Waals surface area contributed by atoms with Crippen LogP contribution in [0.5, 0.6) is 0 Å². The Labute approximate surface area is 94.8 Å². The largest absolute Gasteiger partial charge is 0.305 e. The molecule has 90 valence electrons. The van der Waals surface area contributed by atoms with E-state index in [-0.39, 0.29) is 24.2 Å². The first-order valence-corrected chi connectivity index (χ1v) is 4.97. The van der Waals surface area contributed by atoms with Gasteiger partial charge in [-0.3, -0.25) is 14.0 Å². The quantitative estimate of drug-likeness (QED) is 0.760. The van der Waals surface area contributed by atoms with E-state index < -0.39 is 30.0 Å². The van der Waals surface area contributed by atoms with Gasteiger partial charge in [-0.15, -0.1) is 0 Å². The van der Waals surface area contributed by atoms with Crippen LogP contribution in [0.2, 0.25) is 0 Å². The highest BCUT2D eigenvalue weighted by molar-refractivity contribution is 6.52. The minimum absolute atomic E-state index is 0.00681. The van der Waals surface area contributed by atoms with E-state index in [4.69, 9.17) is 0 Å². The van der Waals surface area contributed by atoms with Gasteiger partial charge in [0.25, 0.3) is 11.7 Å². The molecule has 0 bridgehead atoms. The minimum atomic E-state index is -1.18. The molecule has 0 aromatic heterocycles. The van der Waals surface area contributed by atoms with E-state index >= 15 is 0 Å². The summed E-state index contributed by atoms with van der Waals surface area (Å²) < 4.78 is 38.0. The van der Waals surface area contributed by atoms with Crippen molar-refractivity contribution in [2.45, 2.75) is 6.42 Å². The Morgan fingerprint density at radius 3 is 2.41 bits per heavy atom. The number of rotatable bonds is 3. The highest BCUT2D eigenvalue weighted by atomic mass is 19.2. The van der Waals surface area contributed by atoms with Crippen LogP contribution in [-0.2, 0) is 4.79 Å². The summed E-state index contributed by atoms with van der Waals surface area (Å²) in [7, 11) is 0. The number of benzene rings is 1. The average Bonchev–Trinajstić information content (AvgIpc) is 2.52. The van der Waals surface area contributed by atoms with Gasteiger partial charge in [-0.25, -0.2) is 8.78 Å². The van der Waals surface area contributed by atoms with Gasteiger partial charge in [-0.2, -0.15) is 0 Å². The Morgan fingerprint density at radius 1 is 1.12 bits per heavy atom. The van der Waals surface area contributed by atoms with Crippen LogP contribution in [0.3, 0.4) is 0 Å². The summed E-state index contributed by atoms with van der Waals surface area (Å²) in [5, 5.41) is 0. The zero-order chi connectivity index (χ0) is 12.6. The molecule has 3 nitrogen and oxygen atoms in total. The Kier molecular flexibility index (Phi) is 2.87. The molecule has 6 heteroatoms. The molecular weight excluding hydrogens is 235 g/mol. The number of anilines is 1. The number of hydrogen-bond donors (Lipinski definition) is 0. The van der Waals surface area contributed by atoms with Crippen molar-refractivity contribution in [3.05, 3.63) is 29.3 Å². The monoisotopic (exact) mass is 243 g/mol. The van der Waals surface area contributed by atoms with Crippen LogP contribution in [0, 0.1) is 11.6 Å². The van der Waals surface area contributed by atoms with Crippen molar-refractivity contribution in [2.75, 3.05) is 18.1 Å². The number of nitrogens with zero attached hydrogens (tertiary/aromatic N) is 1. The van der Waals surface area contributed by atoms with Gasteiger partial charge in [-0.05, 0) is 12.5 Å². The number of fused-ring (bicyclic) bond motifs is 1. The maximum atomic E-state index is 13.0. The number of amides is 1. The molecule has 0 atom stereocenters. The highest BCUT2D eigenvalue weighted by Gasteiger charge is 2.36. The number of carbonyl (C=O) groups excluding carboxylic acids is 2. The maximum absolute atomic E-state index is 13.0. The van der Waals surface area contributed by atoms with Crippen molar-refractivity contribution in [3.63, 3.8) is 0 Å². The molecule has 0 N–H and O–H groups in total. The first-order chi connectivity index (χ1) is 8.06. The number of alkyl halides is 1. The van der Waals surface area contributed by atoms with E-state index in [0.717, 1.165) is 11.0 Å².